The number of rotatable bonds is 3. The summed E-state index contributed by atoms with van der Waals surface area (Å²) in [7, 11) is 0. The normalized spacial score (nSPS) is 17.6. The van der Waals surface area contributed by atoms with Crippen molar-refractivity contribution < 1.29 is 4.79 Å². The fourth-order valence-electron chi connectivity index (χ4n) is 3.20. The van der Waals surface area contributed by atoms with Crippen LogP contribution in [0.4, 0.5) is 0 Å². The van der Waals surface area contributed by atoms with Gasteiger partial charge in [-0.3, -0.25) is 9.78 Å². The van der Waals surface area contributed by atoms with Gasteiger partial charge in [-0.1, -0.05) is 19.8 Å². The summed E-state index contributed by atoms with van der Waals surface area (Å²) >= 11 is 0. The number of hydrogen-bond acceptors (Lipinski definition) is 3. The molecule has 0 aromatic carbocycles. The summed E-state index contributed by atoms with van der Waals surface area (Å²) in [6.45, 7) is 8.46. The topological polar surface area (TPSA) is 51.0 Å². The number of pyridine rings is 1. The summed E-state index contributed by atoms with van der Waals surface area (Å²) in [5.41, 5.74) is 2.06. The third-order valence-electron chi connectivity index (χ3n) is 4.20. The van der Waals surface area contributed by atoms with Crippen LogP contribution in [-0.4, -0.2) is 38.4 Å². The zero-order chi connectivity index (χ0) is 16.4. The van der Waals surface area contributed by atoms with E-state index >= 15 is 0 Å². The van der Waals surface area contributed by atoms with Crippen molar-refractivity contribution in [3.63, 3.8) is 0 Å². The number of imidazole rings is 1. The Kier molecular flexibility index (Phi) is 4.33. The van der Waals surface area contributed by atoms with Gasteiger partial charge in [-0.15, -0.1) is 0 Å². The van der Waals surface area contributed by atoms with E-state index in [2.05, 4.69) is 35.2 Å². The molecule has 1 aliphatic rings. The SMILES string of the molecule is CC#CC(=O)N1CCC(c2nc3ccncc3n2CC(C)C)C1. The Morgan fingerprint density at radius 2 is 2.30 bits per heavy atom. The van der Waals surface area contributed by atoms with Crippen LogP contribution >= 0.6 is 0 Å². The van der Waals surface area contributed by atoms with Crippen molar-refractivity contribution in [3.05, 3.63) is 24.3 Å². The molecule has 1 amide bonds. The number of fused-ring (bicyclic) bond motifs is 1. The Bertz CT molecular complexity index is 781. The highest BCUT2D eigenvalue weighted by Crippen LogP contribution is 2.30. The molecule has 1 atom stereocenters. The van der Waals surface area contributed by atoms with E-state index in [4.69, 9.17) is 4.98 Å². The first-order valence-electron chi connectivity index (χ1n) is 8.12. The lowest BCUT2D eigenvalue weighted by molar-refractivity contribution is -0.124. The van der Waals surface area contributed by atoms with E-state index < -0.39 is 0 Å². The maximum absolute atomic E-state index is 12.0. The maximum atomic E-state index is 12.0. The minimum Gasteiger partial charge on any atom is -0.331 e. The molecule has 1 saturated heterocycles. The summed E-state index contributed by atoms with van der Waals surface area (Å²) < 4.78 is 2.27. The Labute approximate surface area is 136 Å². The van der Waals surface area contributed by atoms with Crippen LogP contribution in [0.5, 0.6) is 0 Å². The first kappa shape index (κ1) is 15.5. The van der Waals surface area contributed by atoms with Crippen molar-refractivity contribution in [2.45, 2.75) is 39.7 Å². The first-order chi connectivity index (χ1) is 11.1. The first-order valence-corrected chi connectivity index (χ1v) is 8.12. The van der Waals surface area contributed by atoms with Gasteiger partial charge in [-0.25, -0.2) is 4.98 Å². The Balaban J connectivity index is 1.93. The lowest BCUT2D eigenvalue weighted by Gasteiger charge is -2.16. The third kappa shape index (κ3) is 3.07. The smallest absolute Gasteiger partial charge is 0.298 e. The molecule has 1 aliphatic heterocycles. The number of carbonyl (C=O) groups is 1. The molecular weight excluding hydrogens is 288 g/mol. The molecule has 0 spiro atoms. The second-order valence-corrected chi connectivity index (χ2v) is 6.45. The highest BCUT2D eigenvalue weighted by molar-refractivity contribution is 5.93. The van der Waals surface area contributed by atoms with E-state index in [0.29, 0.717) is 12.5 Å². The molecule has 0 aliphatic carbocycles. The van der Waals surface area contributed by atoms with Gasteiger partial charge < -0.3 is 9.47 Å². The highest BCUT2D eigenvalue weighted by atomic mass is 16.2. The molecule has 0 N–H and O–H groups in total. The summed E-state index contributed by atoms with van der Waals surface area (Å²) in [6.07, 6.45) is 4.60. The number of nitrogens with zero attached hydrogens (tertiary/aromatic N) is 4. The fraction of sp³-hybridized carbons (Fsp3) is 0.500. The van der Waals surface area contributed by atoms with Gasteiger partial charge >= 0.3 is 0 Å². The summed E-state index contributed by atoms with van der Waals surface area (Å²) in [5.74, 6) is 7.10. The van der Waals surface area contributed by atoms with E-state index in [1.807, 2.05) is 17.2 Å². The van der Waals surface area contributed by atoms with Crippen LogP contribution in [0, 0.1) is 17.8 Å². The molecule has 5 nitrogen and oxygen atoms in total. The average Bonchev–Trinajstić information content (AvgIpc) is 3.12. The molecule has 23 heavy (non-hydrogen) atoms. The molecule has 1 unspecified atom stereocenters. The van der Waals surface area contributed by atoms with Crippen molar-refractivity contribution in [3.8, 4) is 11.8 Å². The van der Waals surface area contributed by atoms with Gasteiger partial charge in [0.05, 0.1) is 17.2 Å². The number of aromatic nitrogens is 3. The van der Waals surface area contributed by atoms with Crippen molar-refractivity contribution in [2.24, 2.45) is 5.92 Å². The van der Waals surface area contributed by atoms with Crippen molar-refractivity contribution >= 4 is 16.9 Å². The lowest BCUT2D eigenvalue weighted by Crippen LogP contribution is -2.27. The van der Waals surface area contributed by atoms with Gasteiger partial charge in [0, 0.05) is 31.7 Å². The van der Waals surface area contributed by atoms with E-state index in [-0.39, 0.29) is 11.8 Å². The van der Waals surface area contributed by atoms with Crippen LogP contribution in [0.25, 0.3) is 11.0 Å². The van der Waals surface area contributed by atoms with Crippen LogP contribution in [-0.2, 0) is 11.3 Å². The van der Waals surface area contributed by atoms with Gasteiger partial charge in [0.2, 0.25) is 0 Å². The number of hydrogen-bond donors (Lipinski definition) is 0. The van der Waals surface area contributed by atoms with Gasteiger partial charge in [0.1, 0.15) is 5.82 Å². The minimum atomic E-state index is -0.0804. The minimum absolute atomic E-state index is 0.0804. The average molecular weight is 310 g/mol. The van der Waals surface area contributed by atoms with Crippen LogP contribution < -0.4 is 0 Å². The zero-order valence-electron chi connectivity index (χ0n) is 13.9. The quantitative estimate of drug-likeness (QED) is 0.818. The molecule has 2 aromatic heterocycles. The molecular formula is C18H22N4O. The fourth-order valence-corrected chi connectivity index (χ4v) is 3.20. The van der Waals surface area contributed by atoms with Gasteiger partial charge in [0.25, 0.3) is 5.91 Å². The number of amides is 1. The molecule has 5 heteroatoms. The molecule has 3 rings (SSSR count). The molecule has 1 fully saturated rings. The van der Waals surface area contributed by atoms with E-state index in [1.165, 1.54) is 0 Å². The largest absolute Gasteiger partial charge is 0.331 e. The highest BCUT2D eigenvalue weighted by Gasteiger charge is 2.30. The second kappa shape index (κ2) is 6.41. The Hall–Kier alpha value is -2.35. The van der Waals surface area contributed by atoms with Crippen LogP contribution in [0.2, 0.25) is 0 Å². The molecule has 3 heterocycles. The van der Waals surface area contributed by atoms with Crippen molar-refractivity contribution in [2.75, 3.05) is 13.1 Å². The molecule has 120 valence electrons. The molecule has 2 aromatic rings. The molecule has 0 bridgehead atoms. The number of carbonyl (C=O) groups excluding carboxylic acids is 1. The predicted octanol–water partition coefficient (Wildman–Crippen LogP) is 2.43. The zero-order valence-corrected chi connectivity index (χ0v) is 13.9. The van der Waals surface area contributed by atoms with Gasteiger partial charge in [-0.2, -0.15) is 0 Å². The third-order valence-corrected chi connectivity index (χ3v) is 4.20. The van der Waals surface area contributed by atoms with Gasteiger partial charge in [0.15, 0.2) is 0 Å². The maximum Gasteiger partial charge on any atom is 0.298 e. The monoisotopic (exact) mass is 310 g/mol. The van der Waals surface area contributed by atoms with Crippen molar-refractivity contribution in [1.29, 1.82) is 0 Å². The predicted molar refractivity (Wildman–Crippen MR) is 89.8 cm³/mol. The van der Waals surface area contributed by atoms with Crippen LogP contribution in [0.15, 0.2) is 18.5 Å². The number of likely N-dealkylation sites (tertiary alicyclic amines) is 1. The summed E-state index contributed by atoms with van der Waals surface area (Å²) in [6, 6.07) is 1.95. The Morgan fingerprint density at radius 3 is 3.04 bits per heavy atom. The standard InChI is InChI=1S/C18H22N4O/c1-4-5-17(23)21-9-7-14(12-21)18-20-15-6-8-19-10-16(15)22(18)11-13(2)3/h6,8,10,13-14H,7,9,11-12H2,1-3H3. The van der Waals surface area contributed by atoms with E-state index in [1.54, 1.807) is 13.1 Å². The van der Waals surface area contributed by atoms with Gasteiger partial charge in [-0.05, 0) is 31.2 Å². The van der Waals surface area contributed by atoms with E-state index in [9.17, 15) is 4.79 Å². The van der Waals surface area contributed by atoms with E-state index in [0.717, 1.165) is 36.4 Å². The lowest BCUT2D eigenvalue weighted by atomic mass is 10.1. The van der Waals surface area contributed by atoms with Crippen LogP contribution in [0.3, 0.4) is 0 Å². The van der Waals surface area contributed by atoms with Crippen molar-refractivity contribution in [1.82, 2.24) is 19.4 Å². The summed E-state index contributed by atoms with van der Waals surface area (Å²) in [5, 5.41) is 0. The summed E-state index contributed by atoms with van der Waals surface area (Å²) in [4.78, 5) is 22.9. The Morgan fingerprint density at radius 1 is 1.48 bits per heavy atom. The molecule has 0 saturated carbocycles. The van der Waals surface area contributed by atoms with Crippen LogP contribution in [0.1, 0.15) is 38.9 Å². The molecule has 0 radical (unpaired) electrons. The second-order valence-electron chi connectivity index (χ2n) is 6.45.